The van der Waals surface area contributed by atoms with E-state index in [4.69, 9.17) is 4.11 Å². The molecule has 1 aromatic heterocycles. The van der Waals surface area contributed by atoms with Gasteiger partial charge in [-0.1, -0.05) is 156 Å². The maximum Gasteiger partial charge on any atom is 0.264 e. The summed E-state index contributed by atoms with van der Waals surface area (Å²) >= 11 is 1.93. The molecule has 12 rings (SSSR count). The summed E-state index contributed by atoms with van der Waals surface area (Å²) in [6, 6.07) is 66.2. The Kier molecular flexibility index (Phi) is 8.66. The second-order valence-corrected chi connectivity index (χ2v) is 21.7. The quantitative estimate of drug-likeness (QED) is 0.159. The summed E-state index contributed by atoms with van der Waals surface area (Å²) in [6.07, 6.45) is 0. The standard InChI is InChI=1S/C62H54BN3S/c1-39-17-25-47(26-18-39)64(48-27-19-40(2)20-28-48)51-37-55-58-56(38-51)66(50-30-22-42-14-10-12-16-44(42)34-50)59-52-35-45(61(3,4)5)24-32-57(52)67-60(59)63(58)53-36-46(62(6,7)8)23-31-54(53)65(55)49-29-21-41-13-9-11-15-43(41)33-49/h9-38H,1-8H3/i1D3. The number of hydrogen-bond acceptors (Lipinski definition) is 4. The van der Waals surface area contributed by atoms with Crippen LogP contribution in [-0.2, 0) is 10.8 Å². The van der Waals surface area contributed by atoms with Crippen molar-refractivity contribution in [2.45, 2.75) is 66.1 Å². The Morgan fingerprint density at radius 2 is 1.03 bits per heavy atom. The number of anilines is 9. The number of hydrogen-bond donors (Lipinski definition) is 0. The van der Waals surface area contributed by atoms with E-state index < -0.39 is 6.85 Å². The van der Waals surface area contributed by atoms with Gasteiger partial charge in [0.15, 0.2) is 0 Å². The van der Waals surface area contributed by atoms with Gasteiger partial charge in [0.1, 0.15) is 0 Å². The van der Waals surface area contributed by atoms with Crippen LogP contribution < -0.4 is 30.4 Å². The minimum Gasteiger partial charge on any atom is -0.311 e. The Bertz CT molecular complexity index is 3710. The average molecular weight is 887 g/mol. The minimum atomic E-state index is -2.23. The van der Waals surface area contributed by atoms with Crippen molar-refractivity contribution in [3.8, 4) is 0 Å². The van der Waals surface area contributed by atoms with E-state index in [2.05, 4.69) is 221 Å². The summed E-state index contributed by atoms with van der Waals surface area (Å²) in [5.74, 6) is 0. The van der Waals surface area contributed by atoms with Crippen LogP contribution in [0, 0.1) is 13.8 Å². The van der Waals surface area contributed by atoms with E-state index in [-0.39, 0.29) is 17.5 Å². The van der Waals surface area contributed by atoms with Crippen molar-refractivity contribution in [3.63, 3.8) is 0 Å². The van der Waals surface area contributed by atoms with E-state index in [0.29, 0.717) is 5.56 Å². The van der Waals surface area contributed by atoms with Gasteiger partial charge in [-0.15, -0.1) is 11.3 Å². The monoisotopic (exact) mass is 886 g/mol. The maximum atomic E-state index is 8.26. The molecule has 2 aliphatic rings. The Morgan fingerprint density at radius 3 is 1.63 bits per heavy atom. The fourth-order valence-electron chi connectivity index (χ4n) is 10.5. The van der Waals surface area contributed by atoms with Crippen molar-refractivity contribution < 1.29 is 4.11 Å². The third-order valence-corrected chi connectivity index (χ3v) is 15.3. The molecule has 0 spiro atoms. The van der Waals surface area contributed by atoms with Crippen molar-refractivity contribution in [2.75, 3.05) is 14.7 Å². The number of rotatable bonds is 5. The first-order chi connectivity index (χ1) is 33.5. The van der Waals surface area contributed by atoms with E-state index in [9.17, 15) is 0 Å². The first-order valence-corrected chi connectivity index (χ1v) is 24.3. The molecule has 0 fully saturated rings. The fourth-order valence-corrected chi connectivity index (χ4v) is 11.8. The lowest BCUT2D eigenvalue weighted by Crippen LogP contribution is -2.60. The highest BCUT2D eigenvalue weighted by atomic mass is 32.1. The Hall–Kier alpha value is -7.08. The number of nitrogens with zero attached hydrogens (tertiary/aromatic N) is 3. The van der Waals surface area contributed by atoms with Crippen molar-refractivity contribution >= 4 is 117 Å². The lowest BCUT2D eigenvalue weighted by molar-refractivity contribution is 0.590. The summed E-state index contributed by atoms with van der Waals surface area (Å²) in [4.78, 5) is 7.36. The molecular formula is C62H54BN3S. The molecule has 0 atom stereocenters. The molecule has 0 bridgehead atoms. The molecule has 3 heterocycles. The summed E-state index contributed by atoms with van der Waals surface area (Å²) in [5.41, 5.74) is 16.0. The SMILES string of the molecule is [2H]C([2H])([2H])c1ccc(N(c2ccc(C)cc2)c2cc3c4c(c2)N(c2ccc5ccccc5c2)c2c(sc5ccc(C(C)(C)C)cc25)B4c2cc(C(C)(C)C)ccc2N3c2ccc3ccccc3c2)cc1. The Morgan fingerprint density at radius 1 is 0.493 bits per heavy atom. The topological polar surface area (TPSA) is 9.72 Å². The molecule has 0 aliphatic carbocycles. The van der Waals surface area contributed by atoms with Gasteiger partial charge in [-0.2, -0.15) is 0 Å². The Labute approximate surface area is 403 Å². The zero-order chi connectivity index (χ0) is 48.4. The van der Waals surface area contributed by atoms with Crippen LogP contribution in [0.3, 0.4) is 0 Å². The van der Waals surface area contributed by atoms with Gasteiger partial charge in [0, 0.05) is 58.8 Å². The fraction of sp³-hybridized carbons (Fsp3) is 0.161. The molecule has 0 radical (unpaired) electrons. The largest absolute Gasteiger partial charge is 0.311 e. The van der Waals surface area contributed by atoms with Crippen molar-refractivity contribution in [1.29, 1.82) is 0 Å². The normalized spacial score (nSPS) is 14.1. The molecule has 326 valence electrons. The van der Waals surface area contributed by atoms with E-state index >= 15 is 0 Å². The molecule has 9 aromatic carbocycles. The molecule has 2 aliphatic heterocycles. The first-order valence-electron chi connectivity index (χ1n) is 24.9. The zero-order valence-electron chi connectivity index (χ0n) is 42.1. The van der Waals surface area contributed by atoms with Crippen LogP contribution in [0.5, 0.6) is 0 Å². The second kappa shape index (κ2) is 15.2. The highest BCUT2D eigenvalue weighted by Crippen LogP contribution is 2.51. The molecule has 0 saturated carbocycles. The number of benzene rings is 9. The molecule has 0 N–H and O–H groups in total. The van der Waals surface area contributed by atoms with E-state index in [1.54, 1.807) is 12.1 Å². The van der Waals surface area contributed by atoms with Gasteiger partial charge in [-0.25, -0.2) is 0 Å². The van der Waals surface area contributed by atoms with Crippen molar-refractivity contribution in [3.05, 3.63) is 204 Å². The van der Waals surface area contributed by atoms with Crippen LogP contribution >= 0.6 is 11.3 Å². The number of fused-ring (bicyclic) bond motifs is 8. The smallest absolute Gasteiger partial charge is 0.264 e. The predicted octanol–water partition coefficient (Wildman–Crippen LogP) is 16.0. The first kappa shape index (κ1) is 38.1. The van der Waals surface area contributed by atoms with Gasteiger partial charge < -0.3 is 14.7 Å². The summed E-state index contributed by atoms with van der Waals surface area (Å²) in [5, 5.41) is 5.99. The van der Waals surface area contributed by atoms with E-state index in [1.165, 1.54) is 64.1 Å². The van der Waals surface area contributed by atoms with Gasteiger partial charge in [-0.3, -0.25) is 0 Å². The third-order valence-electron chi connectivity index (χ3n) is 14.0. The molecule has 0 amide bonds. The highest BCUT2D eigenvalue weighted by Gasteiger charge is 2.46. The molecule has 0 unspecified atom stereocenters. The van der Waals surface area contributed by atoms with Crippen LogP contribution in [0.25, 0.3) is 31.6 Å². The van der Waals surface area contributed by atoms with Crippen LogP contribution in [0.4, 0.5) is 51.2 Å². The van der Waals surface area contributed by atoms with Crippen LogP contribution in [0.1, 0.15) is 67.9 Å². The molecular weight excluding hydrogens is 830 g/mol. The highest BCUT2D eigenvalue weighted by molar-refractivity contribution is 7.33. The lowest BCUT2D eigenvalue weighted by atomic mass is 9.36. The molecule has 3 nitrogen and oxygen atoms in total. The molecule has 67 heavy (non-hydrogen) atoms. The van der Waals surface area contributed by atoms with Crippen LogP contribution in [0.15, 0.2) is 182 Å². The molecule has 0 saturated heterocycles. The predicted molar refractivity (Wildman–Crippen MR) is 292 cm³/mol. The number of aryl methyl sites for hydroxylation is 2. The van der Waals surface area contributed by atoms with Gasteiger partial charge in [0.2, 0.25) is 0 Å². The molecule has 10 aromatic rings. The summed E-state index contributed by atoms with van der Waals surface area (Å²) in [7, 11) is 0. The summed E-state index contributed by atoms with van der Waals surface area (Å²) < 4.78 is 27.4. The average Bonchev–Trinajstić information content (AvgIpc) is 3.72. The van der Waals surface area contributed by atoms with Crippen LogP contribution in [0.2, 0.25) is 0 Å². The Balaban J connectivity index is 1.24. The maximum absolute atomic E-state index is 8.26. The van der Waals surface area contributed by atoms with Gasteiger partial charge >= 0.3 is 0 Å². The van der Waals surface area contributed by atoms with Crippen LogP contribution in [-0.4, -0.2) is 6.71 Å². The van der Waals surface area contributed by atoms with E-state index in [0.717, 1.165) is 51.1 Å². The second-order valence-electron chi connectivity index (χ2n) is 20.6. The lowest BCUT2D eigenvalue weighted by Gasteiger charge is -2.44. The van der Waals surface area contributed by atoms with Gasteiger partial charge in [0.25, 0.3) is 6.71 Å². The van der Waals surface area contributed by atoms with Gasteiger partial charge in [-0.05, 0) is 147 Å². The van der Waals surface area contributed by atoms with Gasteiger partial charge in [0.05, 0.1) is 11.4 Å². The zero-order valence-corrected chi connectivity index (χ0v) is 40.0. The van der Waals surface area contributed by atoms with Crippen molar-refractivity contribution in [2.24, 2.45) is 0 Å². The van der Waals surface area contributed by atoms with E-state index in [1.807, 2.05) is 23.5 Å². The molecule has 5 heteroatoms. The number of thiophene rings is 1. The van der Waals surface area contributed by atoms with Crippen molar-refractivity contribution in [1.82, 2.24) is 0 Å². The third kappa shape index (κ3) is 6.85. The summed E-state index contributed by atoms with van der Waals surface area (Å²) in [6.45, 7) is 13.7. The minimum absolute atomic E-state index is 0.0627.